The summed E-state index contributed by atoms with van der Waals surface area (Å²) in [4.78, 5) is 27.0. The van der Waals surface area contributed by atoms with E-state index in [0.29, 0.717) is 11.3 Å². The number of hydrogen-bond acceptors (Lipinski definition) is 3. The number of nitrogens with zero attached hydrogens (tertiary/aromatic N) is 2. The van der Waals surface area contributed by atoms with Crippen molar-refractivity contribution in [2.75, 3.05) is 0 Å². The van der Waals surface area contributed by atoms with E-state index in [9.17, 15) is 0 Å². The molecule has 10 rings (SSSR count). The standard InChI is InChI=1S/C50H32N2O/c53-49-42-30-14-13-29-41(42)48(52-44-32-16-22-34-18-8-10-26-38(34)44)50(49,36-23-5-2-6-24-36)46-39-27-11-12-28-40(39)47(45(46)35-19-3-1-4-20-35)51-43-31-15-21-33-17-7-9-25-37(33)43/h1-32H. The molecule has 0 spiro atoms. The predicted molar refractivity (Wildman–Crippen MR) is 219 cm³/mol. The zero-order chi connectivity index (χ0) is 35.4. The van der Waals surface area contributed by atoms with Gasteiger partial charge in [0.25, 0.3) is 0 Å². The molecule has 0 N–H and O–H groups in total. The van der Waals surface area contributed by atoms with Crippen molar-refractivity contribution in [1.29, 1.82) is 0 Å². The maximum Gasteiger partial charge on any atom is 0.184 e. The van der Waals surface area contributed by atoms with E-state index in [1.165, 1.54) is 0 Å². The van der Waals surface area contributed by atoms with Crippen molar-refractivity contribution in [2.45, 2.75) is 5.41 Å². The number of rotatable bonds is 5. The van der Waals surface area contributed by atoms with Crippen LogP contribution in [0.25, 0.3) is 32.7 Å². The number of Topliss-reactive ketones (excluding diaryl/α,β-unsaturated/α-hetero) is 1. The number of fused-ring (bicyclic) bond motifs is 4. The monoisotopic (exact) mass is 676 g/mol. The van der Waals surface area contributed by atoms with E-state index in [1.807, 2.05) is 60.7 Å². The van der Waals surface area contributed by atoms with Gasteiger partial charge in [-0.25, -0.2) is 4.99 Å². The van der Waals surface area contributed by atoms with Gasteiger partial charge < -0.3 is 0 Å². The number of aliphatic imine (C=N–C) groups is 2. The molecular weight excluding hydrogens is 645 g/mol. The molecule has 1 atom stereocenters. The van der Waals surface area contributed by atoms with Crippen LogP contribution < -0.4 is 0 Å². The number of carbonyl (C=O) groups is 1. The Hall–Kier alpha value is -6.97. The van der Waals surface area contributed by atoms with Crippen molar-refractivity contribution in [2.24, 2.45) is 9.98 Å². The summed E-state index contributed by atoms with van der Waals surface area (Å²) in [7, 11) is 0. The summed E-state index contributed by atoms with van der Waals surface area (Å²) >= 11 is 0. The Bertz CT molecular complexity index is 2840. The van der Waals surface area contributed by atoms with Crippen LogP contribution in [0, 0.1) is 0 Å². The van der Waals surface area contributed by atoms with E-state index in [0.717, 1.165) is 77.6 Å². The first-order chi connectivity index (χ1) is 26.2. The topological polar surface area (TPSA) is 41.8 Å². The zero-order valence-electron chi connectivity index (χ0n) is 28.8. The lowest BCUT2D eigenvalue weighted by Gasteiger charge is -2.33. The molecule has 3 heteroatoms. The van der Waals surface area contributed by atoms with Crippen molar-refractivity contribution < 1.29 is 4.79 Å². The molecule has 0 radical (unpaired) electrons. The molecule has 2 aliphatic carbocycles. The third-order valence-electron chi connectivity index (χ3n) is 10.7. The lowest BCUT2D eigenvalue weighted by atomic mass is 9.66. The molecule has 0 saturated heterocycles. The minimum absolute atomic E-state index is 0.00271. The average Bonchev–Trinajstić information content (AvgIpc) is 3.67. The number of carbonyl (C=O) groups excluding carboxylic acids is 1. The number of allylic oxidation sites excluding steroid dienone is 2. The highest BCUT2D eigenvalue weighted by Gasteiger charge is 2.57. The Balaban J connectivity index is 1.39. The first kappa shape index (κ1) is 30.8. The molecule has 0 saturated carbocycles. The number of ketones is 1. The first-order valence-corrected chi connectivity index (χ1v) is 18.0. The highest BCUT2D eigenvalue weighted by Crippen LogP contribution is 2.56. The van der Waals surface area contributed by atoms with Crippen LogP contribution in [-0.2, 0) is 5.41 Å². The van der Waals surface area contributed by atoms with E-state index in [4.69, 9.17) is 9.98 Å². The van der Waals surface area contributed by atoms with Gasteiger partial charge in [0.2, 0.25) is 0 Å². The third kappa shape index (κ3) is 4.71. The van der Waals surface area contributed by atoms with Gasteiger partial charge in [0.05, 0.1) is 22.8 Å². The molecule has 8 aromatic rings. The molecule has 0 amide bonds. The maximum absolute atomic E-state index is 15.8. The Kier molecular flexibility index (Phi) is 7.19. The van der Waals surface area contributed by atoms with Gasteiger partial charge in [-0.2, -0.15) is 0 Å². The Labute approximate surface area is 308 Å². The molecule has 0 aromatic heterocycles. The van der Waals surface area contributed by atoms with E-state index >= 15 is 4.79 Å². The summed E-state index contributed by atoms with van der Waals surface area (Å²) in [6.45, 7) is 0. The molecular formula is C50H32N2O. The second kappa shape index (κ2) is 12.4. The van der Waals surface area contributed by atoms with Gasteiger partial charge in [0.1, 0.15) is 5.41 Å². The van der Waals surface area contributed by atoms with Crippen molar-refractivity contribution in [3.8, 4) is 0 Å². The van der Waals surface area contributed by atoms with Gasteiger partial charge in [0, 0.05) is 33.0 Å². The highest BCUT2D eigenvalue weighted by molar-refractivity contribution is 6.51. The summed E-state index contributed by atoms with van der Waals surface area (Å²) in [6, 6.07) is 66.2. The predicted octanol–water partition coefficient (Wildman–Crippen LogP) is 12.0. The van der Waals surface area contributed by atoms with Gasteiger partial charge in [-0.1, -0.05) is 182 Å². The molecule has 2 aliphatic rings. The van der Waals surface area contributed by atoms with E-state index < -0.39 is 5.41 Å². The molecule has 1 unspecified atom stereocenters. The highest BCUT2D eigenvalue weighted by atomic mass is 16.1. The molecule has 0 heterocycles. The lowest BCUT2D eigenvalue weighted by Crippen LogP contribution is -2.40. The molecule has 8 aromatic carbocycles. The second-order valence-electron chi connectivity index (χ2n) is 13.6. The molecule has 0 aliphatic heterocycles. The smallest absolute Gasteiger partial charge is 0.184 e. The fourth-order valence-corrected chi connectivity index (χ4v) is 8.41. The van der Waals surface area contributed by atoms with Crippen LogP contribution in [0.1, 0.15) is 38.2 Å². The SMILES string of the molecule is O=C1c2ccccc2C(=Nc2cccc3ccccc23)C1(C1=C(c2ccccc2)C(=Nc2cccc3ccccc23)c2ccccc21)c1ccccc1. The summed E-state index contributed by atoms with van der Waals surface area (Å²) in [5.41, 5.74) is 9.07. The van der Waals surface area contributed by atoms with Crippen LogP contribution in [0.15, 0.2) is 204 Å². The first-order valence-electron chi connectivity index (χ1n) is 18.0. The zero-order valence-corrected chi connectivity index (χ0v) is 28.8. The minimum Gasteiger partial charge on any atom is -0.292 e. The quantitative estimate of drug-likeness (QED) is 0.179. The third-order valence-corrected chi connectivity index (χ3v) is 10.7. The van der Waals surface area contributed by atoms with E-state index in [-0.39, 0.29) is 5.78 Å². The van der Waals surface area contributed by atoms with Crippen LogP contribution >= 0.6 is 0 Å². The summed E-state index contributed by atoms with van der Waals surface area (Å²) in [5.74, 6) is 0.00271. The Morgan fingerprint density at radius 3 is 1.55 bits per heavy atom. The van der Waals surface area contributed by atoms with Crippen molar-refractivity contribution in [3.05, 3.63) is 228 Å². The summed E-state index contributed by atoms with van der Waals surface area (Å²) in [6.07, 6.45) is 0. The van der Waals surface area contributed by atoms with Crippen LogP contribution in [0.5, 0.6) is 0 Å². The Morgan fingerprint density at radius 2 is 0.887 bits per heavy atom. The molecule has 0 fully saturated rings. The van der Waals surface area contributed by atoms with Crippen LogP contribution in [-0.4, -0.2) is 17.2 Å². The number of hydrogen-bond donors (Lipinski definition) is 0. The summed E-state index contributed by atoms with van der Waals surface area (Å²) in [5, 5.41) is 4.32. The number of benzene rings is 8. The molecule has 3 nitrogen and oxygen atoms in total. The van der Waals surface area contributed by atoms with E-state index in [1.54, 1.807) is 0 Å². The molecule has 53 heavy (non-hydrogen) atoms. The molecule has 248 valence electrons. The summed E-state index contributed by atoms with van der Waals surface area (Å²) < 4.78 is 0. The van der Waals surface area contributed by atoms with Crippen LogP contribution in [0.3, 0.4) is 0 Å². The van der Waals surface area contributed by atoms with Crippen LogP contribution in [0.2, 0.25) is 0 Å². The van der Waals surface area contributed by atoms with Crippen molar-refractivity contribution in [1.82, 2.24) is 0 Å². The van der Waals surface area contributed by atoms with E-state index in [2.05, 4.69) is 133 Å². The fourth-order valence-electron chi connectivity index (χ4n) is 8.41. The lowest BCUT2D eigenvalue weighted by molar-refractivity contribution is 0.0964. The second-order valence-corrected chi connectivity index (χ2v) is 13.6. The van der Waals surface area contributed by atoms with Crippen molar-refractivity contribution >= 4 is 61.3 Å². The normalized spacial score (nSPS) is 17.9. The maximum atomic E-state index is 15.8. The largest absolute Gasteiger partial charge is 0.292 e. The van der Waals surface area contributed by atoms with Gasteiger partial charge in [-0.05, 0) is 45.2 Å². The fraction of sp³-hybridized carbons (Fsp3) is 0.0200. The average molecular weight is 677 g/mol. The molecule has 0 bridgehead atoms. The minimum atomic E-state index is -1.31. The van der Waals surface area contributed by atoms with Gasteiger partial charge in [-0.15, -0.1) is 0 Å². The van der Waals surface area contributed by atoms with Gasteiger partial charge in [-0.3, -0.25) is 9.79 Å². The Morgan fingerprint density at radius 1 is 0.396 bits per heavy atom. The van der Waals surface area contributed by atoms with Crippen LogP contribution in [0.4, 0.5) is 11.4 Å². The van der Waals surface area contributed by atoms with Crippen molar-refractivity contribution in [3.63, 3.8) is 0 Å². The van der Waals surface area contributed by atoms with Gasteiger partial charge >= 0.3 is 0 Å². The van der Waals surface area contributed by atoms with Gasteiger partial charge in [0.15, 0.2) is 5.78 Å².